The van der Waals surface area contributed by atoms with E-state index in [-0.39, 0.29) is 11.3 Å². The Labute approximate surface area is 120 Å². The van der Waals surface area contributed by atoms with Gasteiger partial charge in [-0.2, -0.15) is 5.26 Å². The van der Waals surface area contributed by atoms with Gasteiger partial charge in [0.15, 0.2) is 0 Å². The van der Waals surface area contributed by atoms with Gasteiger partial charge < -0.3 is 10.7 Å². The zero-order valence-electron chi connectivity index (χ0n) is 11.1. The molecule has 2 aromatic rings. The molecule has 1 amide bonds. The van der Waals surface area contributed by atoms with Crippen LogP contribution in [0.5, 0.6) is 0 Å². The number of rotatable bonds is 3. The number of nitrogen functional groups attached to an aromatic ring is 1. The Balaban J connectivity index is 2.30. The second kappa shape index (κ2) is 5.98. The van der Waals surface area contributed by atoms with Crippen LogP contribution in [0.4, 0.5) is 15.9 Å². The summed E-state index contributed by atoms with van der Waals surface area (Å²) in [6.07, 6.45) is 0. The number of nitrogens with two attached hydrogens (primary N) is 1. The third-order valence-corrected chi connectivity index (χ3v) is 2.71. The summed E-state index contributed by atoms with van der Waals surface area (Å²) < 4.78 is 13.1. The van der Waals surface area contributed by atoms with Gasteiger partial charge in [-0.1, -0.05) is 0 Å². The number of halogens is 1. The molecule has 21 heavy (non-hydrogen) atoms. The predicted octanol–water partition coefficient (Wildman–Crippen LogP) is 1.94. The van der Waals surface area contributed by atoms with Gasteiger partial charge in [0, 0.05) is 11.3 Å². The van der Waals surface area contributed by atoms with Crippen molar-refractivity contribution in [3.8, 4) is 6.07 Å². The Morgan fingerprint density at radius 1 is 1.38 bits per heavy atom. The number of nitriles is 1. The van der Waals surface area contributed by atoms with E-state index in [1.807, 2.05) is 6.07 Å². The molecule has 1 aromatic carbocycles. The van der Waals surface area contributed by atoms with Gasteiger partial charge in [0.05, 0.1) is 11.3 Å². The first-order valence-electron chi connectivity index (χ1n) is 6.00. The van der Waals surface area contributed by atoms with Crippen molar-refractivity contribution in [2.75, 3.05) is 10.7 Å². The summed E-state index contributed by atoms with van der Waals surface area (Å²) >= 11 is 0. The van der Waals surface area contributed by atoms with E-state index < -0.39 is 11.7 Å². The number of aryl methyl sites for hydroxylation is 1. The SMILES string of the molecule is Cc1cc(C(=O)Nc2ccc(F)cc2C#N)cc(NN)n1. The molecule has 0 aliphatic heterocycles. The fraction of sp³-hybridized carbons (Fsp3) is 0.0714. The second-order valence-electron chi connectivity index (χ2n) is 4.28. The molecule has 0 saturated carbocycles. The Bertz CT molecular complexity index is 739. The summed E-state index contributed by atoms with van der Waals surface area (Å²) in [5.74, 6) is 4.63. The van der Waals surface area contributed by atoms with Gasteiger partial charge in [0.25, 0.3) is 5.91 Å². The molecule has 0 aliphatic rings. The lowest BCUT2D eigenvalue weighted by Crippen LogP contribution is -2.15. The van der Waals surface area contributed by atoms with Crippen LogP contribution in [-0.4, -0.2) is 10.9 Å². The smallest absolute Gasteiger partial charge is 0.255 e. The van der Waals surface area contributed by atoms with Crippen LogP contribution in [0.3, 0.4) is 0 Å². The standard InChI is InChI=1S/C14H12FN5O/c1-8-4-9(6-13(18-8)20-17)14(21)19-12-3-2-11(15)5-10(12)7-16/h2-6H,17H2,1H3,(H,18,20)(H,19,21). The molecule has 0 atom stereocenters. The number of carbonyl (C=O) groups is 1. The average Bonchev–Trinajstić information content (AvgIpc) is 2.48. The van der Waals surface area contributed by atoms with Crippen LogP contribution in [0.2, 0.25) is 0 Å². The topological polar surface area (TPSA) is 104 Å². The summed E-state index contributed by atoms with van der Waals surface area (Å²) in [7, 11) is 0. The number of hydrogen-bond acceptors (Lipinski definition) is 5. The second-order valence-corrected chi connectivity index (χ2v) is 4.28. The highest BCUT2D eigenvalue weighted by molar-refractivity contribution is 6.05. The van der Waals surface area contributed by atoms with Gasteiger partial charge in [0.2, 0.25) is 0 Å². The zero-order valence-corrected chi connectivity index (χ0v) is 11.1. The van der Waals surface area contributed by atoms with Crippen molar-refractivity contribution in [1.82, 2.24) is 4.98 Å². The minimum absolute atomic E-state index is 0.0475. The molecule has 106 valence electrons. The molecule has 0 unspecified atom stereocenters. The average molecular weight is 285 g/mol. The number of hydrogen-bond donors (Lipinski definition) is 3. The third-order valence-electron chi connectivity index (χ3n) is 2.71. The monoisotopic (exact) mass is 285 g/mol. The van der Waals surface area contributed by atoms with Crippen molar-refractivity contribution < 1.29 is 9.18 Å². The quantitative estimate of drug-likeness (QED) is 0.590. The van der Waals surface area contributed by atoms with Crippen LogP contribution in [0.15, 0.2) is 30.3 Å². The Morgan fingerprint density at radius 3 is 2.81 bits per heavy atom. The van der Waals surface area contributed by atoms with Gasteiger partial charge in [-0.25, -0.2) is 15.2 Å². The maximum atomic E-state index is 13.1. The maximum absolute atomic E-state index is 13.1. The fourth-order valence-electron chi connectivity index (χ4n) is 1.79. The van der Waals surface area contributed by atoms with Crippen LogP contribution in [0.25, 0.3) is 0 Å². The minimum atomic E-state index is -0.543. The summed E-state index contributed by atoms with van der Waals surface area (Å²) in [6.45, 7) is 1.72. The number of benzene rings is 1. The molecule has 0 spiro atoms. The van der Waals surface area contributed by atoms with E-state index in [4.69, 9.17) is 11.1 Å². The summed E-state index contributed by atoms with van der Waals surface area (Å²) in [5, 5.41) is 11.5. The molecule has 0 aliphatic carbocycles. The minimum Gasteiger partial charge on any atom is -0.321 e. The first kappa shape index (κ1) is 14.4. The number of carbonyl (C=O) groups excluding carboxylic acids is 1. The summed E-state index contributed by atoms with van der Waals surface area (Å²) in [6, 6.07) is 8.43. The van der Waals surface area contributed by atoms with Crippen molar-refractivity contribution in [3.05, 3.63) is 53.0 Å². The van der Waals surface area contributed by atoms with E-state index in [0.717, 1.165) is 6.07 Å². The van der Waals surface area contributed by atoms with E-state index >= 15 is 0 Å². The molecule has 6 nitrogen and oxygen atoms in total. The van der Waals surface area contributed by atoms with Crippen molar-refractivity contribution in [1.29, 1.82) is 5.26 Å². The molecule has 0 saturated heterocycles. The van der Waals surface area contributed by atoms with Crippen LogP contribution in [0, 0.1) is 24.1 Å². The Morgan fingerprint density at radius 2 is 2.14 bits per heavy atom. The van der Waals surface area contributed by atoms with Gasteiger partial charge in [0.1, 0.15) is 17.7 Å². The van der Waals surface area contributed by atoms with Crippen LogP contribution >= 0.6 is 0 Å². The van der Waals surface area contributed by atoms with Gasteiger partial charge >= 0.3 is 0 Å². The molecule has 0 fully saturated rings. The summed E-state index contributed by atoms with van der Waals surface area (Å²) in [4.78, 5) is 16.2. The highest BCUT2D eigenvalue weighted by atomic mass is 19.1. The molecule has 4 N–H and O–H groups in total. The molecule has 1 heterocycles. The van der Waals surface area contributed by atoms with E-state index in [2.05, 4.69) is 15.7 Å². The zero-order chi connectivity index (χ0) is 15.4. The van der Waals surface area contributed by atoms with Gasteiger partial charge in [-0.05, 0) is 37.3 Å². The number of nitrogens with one attached hydrogen (secondary N) is 2. The molecule has 2 rings (SSSR count). The molecule has 0 radical (unpaired) electrons. The van der Waals surface area contributed by atoms with E-state index in [1.165, 1.54) is 18.2 Å². The van der Waals surface area contributed by atoms with E-state index in [0.29, 0.717) is 17.1 Å². The van der Waals surface area contributed by atoms with Crippen LogP contribution in [-0.2, 0) is 0 Å². The lowest BCUT2D eigenvalue weighted by molar-refractivity contribution is 0.102. The molecule has 7 heteroatoms. The van der Waals surface area contributed by atoms with Crippen LogP contribution in [0.1, 0.15) is 21.6 Å². The molecular formula is C14H12FN5O. The predicted molar refractivity (Wildman–Crippen MR) is 75.9 cm³/mol. The van der Waals surface area contributed by atoms with Crippen molar-refractivity contribution in [2.24, 2.45) is 5.84 Å². The summed E-state index contributed by atoms with van der Waals surface area (Å²) in [5.41, 5.74) is 3.58. The van der Waals surface area contributed by atoms with E-state index in [1.54, 1.807) is 13.0 Å². The largest absolute Gasteiger partial charge is 0.321 e. The van der Waals surface area contributed by atoms with Crippen molar-refractivity contribution >= 4 is 17.4 Å². The maximum Gasteiger partial charge on any atom is 0.255 e. The molecule has 0 bridgehead atoms. The van der Waals surface area contributed by atoms with Gasteiger partial charge in [-0.15, -0.1) is 0 Å². The number of aromatic nitrogens is 1. The van der Waals surface area contributed by atoms with Crippen molar-refractivity contribution in [2.45, 2.75) is 6.92 Å². The lowest BCUT2D eigenvalue weighted by atomic mass is 10.1. The van der Waals surface area contributed by atoms with Crippen LogP contribution < -0.4 is 16.6 Å². The Kier molecular flexibility index (Phi) is 4.11. The number of anilines is 2. The Hall–Kier alpha value is -2.98. The normalized spacial score (nSPS) is 9.81. The van der Waals surface area contributed by atoms with Crippen molar-refractivity contribution in [3.63, 3.8) is 0 Å². The highest BCUT2D eigenvalue weighted by Crippen LogP contribution is 2.18. The number of pyridine rings is 1. The first-order chi connectivity index (χ1) is 10.0. The highest BCUT2D eigenvalue weighted by Gasteiger charge is 2.11. The molecular weight excluding hydrogens is 273 g/mol. The number of amides is 1. The third kappa shape index (κ3) is 3.32. The van der Waals surface area contributed by atoms with E-state index in [9.17, 15) is 9.18 Å². The number of hydrazine groups is 1. The lowest BCUT2D eigenvalue weighted by Gasteiger charge is -2.09. The first-order valence-corrected chi connectivity index (χ1v) is 6.00. The molecule has 1 aromatic heterocycles. The fourth-order valence-corrected chi connectivity index (χ4v) is 1.79. The number of nitrogens with zero attached hydrogens (tertiary/aromatic N) is 2. The van der Waals surface area contributed by atoms with Gasteiger partial charge in [-0.3, -0.25) is 4.79 Å².